The molecule has 0 amide bonds. The van der Waals surface area contributed by atoms with Crippen molar-refractivity contribution < 1.29 is 99.1 Å². The van der Waals surface area contributed by atoms with Crippen molar-refractivity contribution in [2.24, 2.45) is 0 Å². The fourth-order valence-corrected chi connectivity index (χ4v) is 0. The van der Waals surface area contributed by atoms with Crippen molar-refractivity contribution in [1.29, 1.82) is 0 Å². The summed E-state index contributed by atoms with van der Waals surface area (Å²) in [6, 6.07) is 0. The zero-order valence-electron chi connectivity index (χ0n) is 8.71. The average molecular weight is 286 g/mol. The van der Waals surface area contributed by atoms with Gasteiger partial charge in [-0.15, -0.1) is 0 Å². The molecule has 0 saturated heterocycles. The molecule has 0 radical (unpaired) electrons. The molecule has 15 heteroatoms. The Morgan fingerprint density at radius 1 is 0.600 bits per heavy atom. The van der Waals surface area contributed by atoms with Gasteiger partial charge in [-0.1, -0.05) is 0 Å². The van der Waals surface area contributed by atoms with E-state index in [1.165, 1.54) is 0 Å². The van der Waals surface area contributed by atoms with Gasteiger partial charge in [0.15, 0.2) is 0 Å². The molecule has 0 aromatic rings. The van der Waals surface area contributed by atoms with Crippen LogP contribution in [0.3, 0.4) is 0 Å². The van der Waals surface area contributed by atoms with E-state index in [0.29, 0.717) is 0 Å². The van der Waals surface area contributed by atoms with Crippen LogP contribution in [0.25, 0.3) is 0 Å². The maximum absolute atomic E-state index is 8.67. The van der Waals surface area contributed by atoms with E-state index in [1.807, 2.05) is 0 Å². The van der Waals surface area contributed by atoms with Gasteiger partial charge < -0.3 is 56.2 Å². The Hall–Kier alpha value is 0.670. The van der Waals surface area contributed by atoms with E-state index in [4.69, 9.17) is 13.3 Å². The SMILES string of the molecule is O.O.O.O.O.O.O.O.O.O.O=S(O)O.[H-].[Na+]. The van der Waals surface area contributed by atoms with Crippen molar-refractivity contribution in [2.45, 2.75) is 0 Å². The zero-order chi connectivity index (χ0) is 3.58. The summed E-state index contributed by atoms with van der Waals surface area (Å²) in [5.74, 6) is 0. The average Bonchev–Trinajstić information content (AvgIpc) is 0.811. The summed E-state index contributed by atoms with van der Waals surface area (Å²) in [5.41, 5.74) is 0. The predicted molar refractivity (Wildman–Crippen MR) is 50.7 cm³/mol. The van der Waals surface area contributed by atoms with Crippen LogP contribution in [0.1, 0.15) is 1.43 Å². The molecule has 108 valence electrons. The standard InChI is InChI=1S/Na.H2O3S.10H2O.H/c;1-4(2)3;;;;;;;;;;;/h;(H2,1,2,3);10*1H2;/q+1;;;;;;;;;;;;-1. The maximum Gasteiger partial charge on any atom is 1.00 e. The van der Waals surface area contributed by atoms with E-state index in [2.05, 4.69) is 0 Å². The molecule has 0 fully saturated rings. The molecule has 0 aromatic heterocycles. The molecule has 0 rings (SSSR count). The Balaban J connectivity index is -0.000000000682. The Kier molecular flexibility index (Phi) is 3400. The van der Waals surface area contributed by atoms with Gasteiger partial charge in [-0.3, -0.25) is 9.11 Å². The van der Waals surface area contributed by atoms with E-state index in [1.54, 1.807) is 0 Å². The summed E-state index contributed by atoms with van der Waals surface area (Å²) in [5, 5.41) is 0. The van der Waals surface area contributed by atoms with Gasteiger partial charge >= 0.3 is 29.6 Å². The van der Waals surface area contributed by atoms with Crippen molar-refractivity contribution in [2.75, 3.05) is 0 Å². The van der Waals surface area contributed by atoms with Gasteiger partial charge in [0.05, 0.1) is 0 Å². The molecule has 0 bridgehead atoms. The largest absolute Gasteiger partial charge is 1.00 e. The molecular weight excluding hydrogens is 263 g/mol. The van der Waals surface area contributed by atoms with Crippen molar-refractivity contribution in [1.82, 2.24) is 0 Å². The molecular formula is H23NaO13S. The third kappa shape index (κ3) is 5250. The second-order valence-corrected chi connectivity index (χ2v) is 0.692. The summed E-state index contributed by atoms with van der Waals surface area (Å²) in [4.78, 5) is 0. The molecule has 0 aliphatic rings. The molecule has 0 atom stereocenters. The Bertz CT molecular complexity index is 38.9. The molecule has 0 aliphatic carbocycles. The van der Waals surface area contributed by atoms with Gasteiger partial charge in [-0.05, 0) is 0 Å². The second kappa shape index (κ2) is 204. The molecule has 13 nitrogen and oxygen atoms in total. The smallest absolute Gasteiger partial charge is 1.00 e. The van der Waals surface area contributed by atoms with Crippen molar-refractivity contribution in [3.05, 3.63) is 0 Å². The van der Waals surface area contributed by atoms with Crippen molar-refractivity contribution >= 4 is 11.4 Å². The monoisotopic (exact) mass is 286 g/mol. The first-order valence-electron chi connectivity index (χ1n) is 0.532. The Morgan fingerprint density at radius 2 is 0.600 bits per heavy atom. The first-order chi connectivity index (χ1) is 1.73. The predicted octanol–water partition coefficient (Wildman–Crippen LogP) is -11.4. The van der Waals surface area contributed by atoms with Crippen LogP contribution in [0.2, 0.25) is 0 Å². The Labute approximate surface area is 110 Å². The first-order valence-corrected chi connectivity index (χ1v) is 1.60. The topological polar surface area (TPSA) is 373 Å². The summed E-state index contributed by atoms with van der Waals surface area (Å²) in [7, 11) is 0. The summed E-state index contributed by atoms with van der Waals surface area (Å²) >= 11 is -2.61. The zero-order valence-corrected chi connectivity index (χ0v) is 10.5. The van der Waals surface area contributed by atoms with Gasteiger partial charge in [-0.2, -0.15) is 4.21 Å². The summed E-state index contributed by atoms with van der Waals surface area (Å²) in [6.07, 6.45) is 0. The van der Waals surface area contributed by atoms with Crippen LogP contribution in [0.15, 0.2) is 0 Å². The van der Waals surface area contributed by atoms with Crippen LogP contribution >= 0.6 is 0 Å². The minimum absolute atomic E-state index is 0. The quantitative estimate of drug-likeness (QED) is 0.323. The van der Waals surface area contributed by atoms with Gasteiger partial charge in [0.1, 0.15) is 0 Å². The minimum Gasteiger partial charge on any atom is -1.00 e. The van der Waals surface area contributed by atoms with Crippen LogP contribution in [0.5, 0.6) is 0 Å². The van der Waals surface area contributed by atoms with Crippen LogP contribution in [-0.2, 0) is 11.4 Å². The molecule has 15 heavy (non-hydrogen) atoms. The molecule has 0 heterocycles. The number of hydrogen-bond donors (Lipinski definition) is 2. The van der Waals surface area contributed by atoms with E-state index in [0.717, 1.165) is 0 Å². The minimum atomic E-state index is -2.61. The van der Waals surface area contributed by atoms with Crippen molar-refractivity contribution in [3.63, 3.8) is 0 Å². The third-order valence-electron chi connectivity index (χ3n) is 0. The normalized spacial score (nSPS) is 2.33. The van der Waals surface area contributed by atoms with Gasteiger partial charge in [0.2, 0.25) is 0 Å². The number of hydrogen-bond acceptors (Lipinski definition) is 1. The summed E-state index contributed by atoms with van der Waals surface area (Å²) < 4.78 is 22.8. The molecule has 0 saturated carbocycles. The Morgan fingerprint density at radius 3 is 0.600 bits per heavy atom. The maximum atomic E-state index is 8.67. The fourth-order valence-electron chi connectivity index (χ4n) is 0. The number of rotatable bonds is 0. The molecule has 0 spiro atoms. The van der Waals surface area contributed by atoms with Crippen LogP contribution in [-0.4, -0.2) is 68.1 Å². The van der Waals surface area contributed by atoms with Gasteiger partial charge in [0, 0.05) is 0 Å². The first kappa shape index (κ1) is 250. The van der Waals surface area contributed by atoms with Crippen LogP contribution < -0.4 is 29.6 Å². The summed E-state index contributed by atoms with van der Waals surface area (Å²) in [6.45, 7) is 0. The third-order valence-corrected chi connectivity index (χ3v) is 0. The van der Waals surface area contributed by atoms with Crippen LogP contribution in [0, 0.1) is 0 Å². The van der Waals surface area contributed by atoms with Crippen molar-refractivity contribution in [3.8, 4) is 0 Å². The fraction of sp³-hybridized carbons (Fsp3) is 0. The van der Waals surface area contributed by atoms with E-state index < -0.39 is 11.4 Å². The second-order valence-electron chi connectivity index (χ2n) is 0.231. The molecule has 0 unspecified atom stereocenters. The van der Waals surface area contributed by atoms with Gasteiger partial charge in [-0.25, -0.2) is 0 Å². The molecule has 0 aliphatic heterocycles. The van der Waals surface area contributed by atoms with Crippen LogP contribution in [0.4, 0.5) is 0 Å². The van der Waals surface area contributed by atoms with Gasteiger partial charge in [0.25, 0.3) is 11.4 Å². The van der Waals surface area contributed by atoms with E-state index >= 15 is 0 Å². The molecule has 0 aromatic carbocycles. The van der Waals surface area contributed by atoms with E-state index in [-0.39, 0.29) is 85.7 Å². The molecule has 22 N–H and O–H groups in total. The van der Waals surface area contributed by atoms with E-state index in [9.17, 15) is 0 Å².